The molecule has 2 rings (SSSR count). The lowest BCUT2D eigenvalue weighted by atomic mass is 10.2. The fourth-order valence-corrected chi connectivity index (χ4v) is 1.89. The lowest BCUT2D eigenvalue weighted by molar-refractivity contribution is 0.533. The van der Waals surface area contributed by atoms with Crippen LogP contribution in [0.3, 0.4) is 0 Å². The summed E-state index contributed by atoms with van der Waals surface area (Å²) in [5.74, 6) is 0.428. The summed E-state index contributed by atoms with van der Waals surface area (Å²) >= 11 is 5.67. The minimum Gasteiger partial charge on any atom is -0.432 e. The van der Waals surface area contributed by atoms with Crippen molar-refractivity contribution in [2.45, 2.75) is 31.6 Å². The number of halogens is 1. The molecule has 0 spiro atoms. The second kappa shape index (κ2) is 4.69. The highest BCUT2D eigenvalue weighted by Gasteiger charge is 2.14. The smallest absolute Gasteiger partial charge is 0.297 e. The van der Waals surface area contributed by atoms with Crippen LogP contribution in [-0.2, 0) is 5.88 Å². The molecule has 78 valence electrons. The van der Waals surface area contributed by atoms with Crippen LogP contribution >= 0.6 is 11.6 Å². The van der Waals surface area contributed by atoms with E-state index in [1.54, 1.807) is 6.26 Å². The van der Waals surface area contributed by atoms with Gasteiger partial charge in [-0.05, 0) is 12.8 Å². The minimum absolute atomic E-state index is 0.428. The molecule has 3 nitrogen and oxygen atoms in total. The quantitative estimate of drug-likeness (QED) is 0.709. The number of aromatic nitrogens is 1. The minimum atomic E-state index is 0.428. The van der Waals surface area contributed by atoms with Crippen molar-refractivity contribution in [1.29, 1.82) is 0 Å². The van der Waals surface area contributed by atoms with Crippen molar-refractivity contribution >= 4 is 17.6 Å². The number of alkyl halides is 1. The molecule has 0 saturated carbocycles. The van der Waals surface area contributed by atoms with Gasteiger partial charge >= 0.3 is 0 Å². The lowest BCUT2D eigenvalue weighted by Gasteiger charge is -2.16. The molecule has 0 aromatic carbocycles. The van der Waals surface area contributed by atoms with Gasteiger partial charge in [0.25, 0.3) is 6.01 Å². The fourth-order valence-electron chi connectivity index (χ4n) is 1.76. The van der Waals surface area contributed by atoms with Gasteiger partial charge in [0.15, 0.2) is 0 Å². The van der Waals surface area contributed by atoms with E-state index < -0.39 is 0 Å². The Morgan fingerprint density at radius 3 is 2.57 bits per heavy atom. The van der Waals surface area contributed by atoms with Gasteiger partial charge < -0.3 is 9.32 Å². The third-order valence-electron chi connectivity index (χ3n) is 2.55. The van der Waals surface area contributed by atoms with Crippen LogP contribution in [0.2, 0.25) is 0 Å². The first-order valence-corrected chi connectivity index (χ1v) is 5.69. The van der Waals surface area contributed by atoms with E-state index in [1.807, 2.05) is 0 Å². The number of anilines is 1. The Balaban J connectivity index is 2.04. The summed E-state index contributed by atoms with van der Waals surface area (Å²) in [6.45, 7) is 2.12. The largest absolute Gasteiger partial charge is 0.432 e. The van der Waals surface area contributed by atoms with Crippen LogP contribution in [-0.4, -0.2) is 18.1 Å². The Bertz CT molecular complexity index is 279. The zero-order valence-electron chi connectivity index (χ0n) is 8.21. The maximum atomic E-state index is 5.67. The van der Waals surface area contributed by atoms with Gasteiger partial charge in [-0.1, -0.05) is 12.8 Å². The van der Waals surface area contributed by atoms with E-state index in [0.29, 0.717) is 5.88 Å². The van der Waals surface area contributed by atoms with Crippen LogP contribution in [0, 0.1) is 0 Å². The molecule has 1 saturated heterocycles. The maximum absolute atomic E-state index is 5.67. The molecule has 1 aromatic heterocycles. The maximum Gasteiger partial charge on any atom is 0.297 e. The van der Waals surface area contributed by atoms with Crippen LogP contribution in [0.15, 0.2) is 10.7 Å². The van der Waals surface area contributed by atoms with E-state index in [0.717, 1.165) is 24.8 Å². The van der Waals surface area contributed by atoms with Crippen molar-refractivity contribution in [3.8, 4) is 0 Å². The second-order valence-corrected chi connectivity index (χ2v) is 3.92. The molecule has 1 aliphatic rings. The van der Waals surface area contributed by atoms with Gasteiger partial charge in [-0.15, -0.1) is 11.6 Å². The molecule has 0 aliphatic carbocycles. The molecular weight excluding hydrogens is 200 g/mol. The molecular formula is C10H15ClN2O. The topological polar surface area (TPSA) is 29.3 Å². The monoisotopic (exact) mass is 214 g/mol. The number of rotatable bonds is 2. The van der Waals surface area contributed by atoms with Gasteiger partial charge in [0, 0.05) is 13.1 Å². The molecule has 1 fully saturated rings. The van der Waals surface area contributed by atoms with E-state index in [2.05, 4.69) is 9.88 Å². The van der Waals surface area contributed by atoms with Gasteiger partial charge in [-0.25, -0.2) is 0 Å². The predicted octanol–water partition coefficient (Wildman–Crippen LogP) is 2.79. The Morgan fingerprint density at radius 1 is 1.29 bits per heavy atom. The second-order valence-electron chi connectivity index (χ2n) is 3.66. The van der Waals surface area contributed by atoms with Gasteiger partial charge in [-0.2, -0.15) is 4.98 Å². The first-order valence-electron chi connectivity index (χ1n) is 5.15. The molecule has 14 heavy (non-hydrogen) atoms. The highest BCUT2D eigenvalue weighted by atomic mass is 35.5. The molecule has 0 amide bonds. The molecule has 2 heterocycles. The summed E-state index contributed by atoms with van der Waals surface area (Å²) in [7, 11) is 0. The van der Waals surface area contributed by atoms with Gasteiger partial charge in [0.05, 0.1) is 11.6 Å². The highest BCUT2D eigenvalue weighted by molar-refractivity contribution is 6.16. The van der Waals surface area contributed by atoms with Crippen LogP contribution in [0.4, 0.5) is 6.01 Å². The molecule has 0 N–H and O–H groups in total. The van der Waals surface area contributed by atoms with E-state index in [9.17, 15) is 0 Å². The molecule has 0 unspecified atom stereocenters. The highest BCUT2D eigenvalue weighted by Crippen LogP contribution is 2.19. The van der Waals surface area contributed by atoms with Crippen LogP contribution in [0.5, 0.6) is 0 Å². The summed E-state index contributed by atoms with van der Waals surface area (Å²) in [4.78, 5) is 6.53. The number of hydrogen-bond donors (Lipinski definition) is 0. The van der Waals surface area contributed by atoms with E-state index in [4.69, 9.17) is 16.0 Å². The van der Waals surface area contributed by atoms with Crippen molar-refractivity contribution in [2.24, 2.45) is 0 Å². The van der Waals surface area contributed by atoms with E-state index >= 15 is 0 Å². The normalized spacial score (nSPS) is 18.2. The summed E-state index contributed by atoms with van der Waals surface area (Å²) in [5.41, 5.74) is 0.825. The average Bonchev–Trinajstić information content (AvgIpc) is 2.53. The first kappa shape index (κ1) is 9.84. The van der Waals surface area contributed by atoms with Gasteiger partial charge in [0.1, 0.15) is 6.26 Å². The third-order valence-corrected chi connectivity index (χ3v) is 2.83. The zero-order valence-corrected chi connectivity index (χ0v) is 8.96. The Morgan fingerprint density at radius 2 is 2.00 bits per heavy atom. The van der Waals surface area contributed by atoms with Gasteiger partial charge in [0.2, 0.25) is 0 Å². The van der Waals surface area contributed by atoms with Crippen molar-refractivity contribution in [3.05, 3.63) is 12.0 Å². The molecule has 0 bridgehead atoms. The van der Waals surface area contributed by atoms with Crippen molar-refractivity contribution in [2.75, 3.05) is 18.0 Å². The van der Waals surface area contributed by atoms with Crippen LogP contribution in [0.1, 0.15) is 31.4 Å². The van der Waals surface area contributed by atoms with Crippen molar-refractivity contribution in [3.63, 3.8) is 0 Å². The lowest BCUT2D eigenvalue weighted by Crippen LogP contribution is -2.24. The number of hydrogen-bond acceptors (Lipinski definition) is 3. The van der Waals surface area contributed by atoms with E-state index in [-0.39, 0.29) is 0 Å². The first-order chi connectivity index (χ1) is 6.90. The van der Waals surface area contributed by atoms with Crippen LogP contribution in [0.25, 0.3) is 0 Å². The van der Waals surface area contributed by atoms with Crippen molar-refractivity contribution < 1.29 is 4.42 Å². The third kappa shape index (κ3) is 2.21. The Kier molecular flexibility index (Phi) is 3.30. The molecule has 4 heteroatoms. The summed E-state index contributed by atoms with van der Waals surface area (Å²) in [6.07, 6.45) is 6.75. The summed E-state index contributed by atoms with van der Waals surface area (Å²) in [6, 6.07) is 0.738. The molecule has 1 aromatic rings. The molecule has 0 radical (unpaired) electrons. The fraction of sp³-hybridized carbons (Fsp3) is 0.700. The average molecular weight is 215 g/mol. The molecule has 0 atom stereocenters. The molecule has 1 aliphatic heterocycles. The van der Waals surface area contributed by atoms with Crippen LogP contribution < -0.4 is 4.90 Å². The summed E-state index contributed by atoms with van der Waals surface area (Å²) in [5, 5.41) is 0. The van der Waals surface area contributed by atoms with Gasteiger partial charge in [-0.3, -0.25) is 0 Å². The summed E-state index contributed by atoms with van der Waals surface area (Å²) < 4.78 is 5.38. The van der Waals surface area contributed by atoms with E-state index in [1.165, 1.54) is 25.7 Å². The Hall–Kier alpha value is -0.700. The van der Waals surface area contributed by atoms with Crippen molar-refractivity contribution in [1.82, 2.24) is 4.98 Å². The predicted molar refractivity (Wildman–Crippen MR) is 56.7 cm³/mol. The Labute approximate surface area is 89.1 Å². The number of nitrogens with zero attached hydrogens (tertiary/aromatic N) is 2. The SMILES string of the molecule is ClCc1coc(N2CCCCCC2)n1. The number of oxazole rings is 1. The zero-order chi connectivity index (χ0) is 9.80. The standard InChI is InChI=1S/C10H15ClN2O/c11-7-9-8-14-10(12-9)13-5-3-1-2-4-6-13/h8H,1-7H2.